The van der Waals surface area contributed by atoms with Crippen molar-refractivity contribution in [1.82, 2.24) is 30.7 Å². The number of rotatable bonds is 6. The highest BCUT2D eigenvalue weighted by atomic mass is 16.3. The van der Waals surface area contributed by atoms with Crippen LogP contribution < -0.4 is 16.2 Å². The van der Waals surface area contributed by atoms with Gasteiger partial charge in [0.05, 0.1) is 6.10 Å². The monoisotopic (exact) mass is 483 g/mol. The lowest BCUT2D eigenvalue weighted by Gasteiger charge is -2.38. The highest BCUT2D eigenvalue weighted by Gasteiger charge is 2.33. The van der Waals surface area contributed by atoms with Crippen LogP contribution >= 0.6 is 0 Å². The maximum absolute atomic E-state index is 12.9. The molecular weight excluding hydrogens is 454 g/mol. The average molecular weight is 484 g/mol. The molecule has 0 atom stereocenters. The predicted molar refractivity (Wildman–Crippen MR) is 139 cm³/mol. The normalized spacial score (nSPS) is 19.8. The van der Waals surface area contributed by atoms with E-state index in [0.29, 0.717) is 36.1 Å². The Hall–Kier alpha value is -3.79. The van der Waals surface area contributed by atoms with E-state index >= 15 is 0 Å². The number of carbonyl (C=O) groups is 1. The van der Waals surface area contributed by atoms with E-state index in [1.165, 1.54) is 5.56 Å². The van der Waals surface area contributed by atoms with E-state index in [1.54, 1.807) is 18.1 Å². The van der Waals surface area contributed by atoms with Gasteiger partial charge in [-0.25, -0.2) is 9.97 Å². The minimum Gasteiger partial charge on any atom is -0.393 e. The average Bonchev–Trinajstić information content (AvgIpc) is 3.56. The molecule has 1 saturated carbocycles. The summed E-state index contributed by atoms with van der Waals surface area (Å²) >= 11 is 0. The third-order valence-electron chi connectivity index (χ3n) is 7.20. The number of nitrogens with zero attached hydrogens (tertiary/aromatic N) is 3. The predicted octanol–water partition coefficient (Wildman–Crippen LogP) is 3.16. The van der Waals surface area contributed by atoms with E-state index in [-0.39, 0.29) is 18.1 Å². The first kappa shape index (κ1) is 22.7. The molecule has 9 heteroatoms. The Morgan fingerprint density at radius 3 is 2.58 bits per heavy atom. The number of benzene rings is 2. The molecule has 2 aromatic carbocycles. The lowest BCUT2D eigenvalue weighted by molar-refractivity contribution is 0.0130. The van der Waals surface area contributed by atoms with E-state index in [4.69, 9.17) is 4.98 Å². The van der Waals surface area contributed by atoms with Gasteiger partial charge in [0, 0.05) is 60.4 Å². The molecule has 1 aliphatic carbocycles. The quantitative estimate of drug-likeness (QED) is 0.286. The molecule has 1 saturated heterocycles. The zero-order chi connectivity index (χ0) is 24.6. The van der Waals surface area contributed by atoms with Gasteiger partial charge in [-0.2, -0.15) is 0 Å². The minimum absolute atomic E-state index is 0.0708. The maximum atomic E-state index is 12.9. The fraction of sp³-hybridized carbons (Fsp3) is 0.296. The van der Waals surface area contributed by atoms with Gasteiger partial charge in [0.1, 0.15) is 11.5 Å². The van der Waals surface area contributed by atoms with Crippen LogP contribution in [0.15, 0.2) is 60.8 Å². The van der Waals surface area contributed by atoms with Crippen molar-refractivity contribution >= 4 is 28.3 Å². The van der Waals surface area contributed by atoms with Gasteiger partial charge < -0.3 is 20.3 Å². The molecule has 3 heterocycles. The summed E-state index contributed by atoms with van der Waals surface area (Å²) in [6.07, 6.45) is 2.71. The van der Waals surface area contributed by atoms with Gasteiger partial charge in [0.2, 0.25) is 0 Å². The maximum Gasteiger partial charge on any atom is 0.270 e. The molecule has 184 valence electrons. The number of hydrazine groups is 1. The number of aliphatic hydroxyl groups excluding tert-OH is 1. The van der Waals surface area contributed by atoms with Gasteiger partial charge in [-0.15, -0.1) is 0 Å². The highest BCUT2D eigenvalue weighted by molar-refractivity contribution is 5.98. The summed E-state index contributed by atoms with van der Waals surface area (Å²) in [6, 6.07) is 18.1. The largest absolute Gasteiger partial charge is 0.393 e. The van der Waals surface area contributed by atoms with Crippen molar-refractivity contribution in [3.05, 3.63) is 72.1 Å². The summed E-state index contributed by atoms with van der Waals surface area (Å²) < 4.78 is 0. The molecule has 9 nitrogen and oxygen atoms in total. The molecule has 1 aliphatic heterocycles. The molecule has 1 amide bonds. The zero-order valence-corrected chi connectivity index (χ0v) is 20.0. The van der Waals surface area contributed by atoms with Gasteiger partial charge in [-0.3, -0.25) is 15.6 Å². The van der Waals surface area contributed by atoms with Crippen LogP contribution in [0.2, 0.25) is 0 Å². The summed E-state index contributed by atoms with van der Waals surface area (Å²) in [5, 5.41) is 13.9. The van der Waals surface area contributed by atoms with Crippen molar-refractivity contribution in [3.8, 4) is 11.4 Å². The van der Waals surface area contributed by atoms with E-state index in [2.05, 4.69) is 50.4 Å². The Labute approximate surface area is 208 Å². The fourth-order valence-electron chi connectivity index (χ4n) is 4.87. The van der Waals surface area contributed by atoms with Crippen LogP contribution in [0, 0.1) is 0 Å². The number of anilines is 2. The standard InChI is InChI=1S/C27H29N7O2/c1-34(21-12-22(35)13-21)27(36)24-10-17-2-3-18(11-23(17)32-24)26-28-9-8-25(33-26)31-20-6-4-16(5-7-20)19-14-29-30-15-19/h2-11,19,21-22,29-30,32,35H,12-15H2,1H3,(H,28,31,33). The van der Waals surface area contributed by atoms with Gasteiger partial charge in [0.15, 0.2) is 5.82 Å². The summed E-state index contributed by atoms with van der Waals surface area (Å²) in [5.41, 5.74) is 10.9. The van der Waals surface area contributed by atoms with Gasteiger partial charge in [-0.1, -0.05) is 24.3 Å². The molecular formula is C27H29N7O2. The third kappa shape index (κ3) is 4.44. The first-order valence-corrected chi connectivity index (χ1v) is 12.3. The van der Waals surface area contributed by atoms with E-state index < -0.39 is 0 Å². The first-order valence-electron chi connectivity index (χ1n) is 12.3. The van der Waals surface area contributed by atoms with Crippen LogP contribution in [0.25, 0.3) is 22.3 Å². The molecule has 0 radical (unpaired) electrons. The lowest BCUT2D eigenvalue weighted by atomic mass is 9.88. The molecule has 6 rings (SSSR count). The number of aliphatic hydroxyl groups is 1. The number of carbonyl (C=O) groups excluding carboxylic acids is 1. The van der Waals surface area contributed by atoms with Crippen molar-refractivity contribution in [3.63, 3.8) is 0 Å². The number of nitrogens with one attached hydrogen (secondary N) is 4. The van der Waals surface area contributed by atoms with Gasteiger partial charge in [0.25, 0.3) is 5.91 Å². The summed E-state index contributed by atoms with van der Waals surface area (Å²) in [5.74, 6) is 1.72. The number of amides is 1. The number of fused-ring (bicyclic) bond motifs is 1. The number of hydrogen-bond donors (Lipinski definition) is 5. The van der Waals surface area contributed by atoms with Gasteiger partial charge >= 0.3 is 0 Å². The molecule has 5 N–H and O–H groups in total. The lowest BCUT2D eigenvalue weighted by Crippen LogP contribution is -2.47. The van der Waals surface area contributed by atoms with E-state index in [9.17, 15) is 9.90 Å². The molecule has 0 unspecified atom stereocenters. The SMILES string of the molecule is CN(C(=O)c1cc2ccc(-c3nccc(Nc4ccc(C5CNNC5)cc4)n3)cc2[nH]1)C1CC(O)C1. The number of aromatic nitrogens is 3. The number of aromatic amines is 1. The van der Waals surface area contributed by atoms with Gasteiger partial charge in [-0.05, 0) is 48.7 Å². The molecule has 4 aromatic rings. The van der Waals surface area contributed by atoms with Crippen molar-refractivity contribution in [1.29, 1.82) is 0 Å². The topological polar surface area (TPSA) is 118 Å². The smallest absolute Gasteiger partial charge is 0.270 e. The first-order chi connectivity index (χ1) is 17.5. The van der Waals surface area contributed by atoms with Crippen LogP contribution in [-0.2, 0) is 0 Å². The highest BCUT2D eigenvalue weighted by Crippen LogP contribution is 2.28. The second-order valence-electron chi connectivity index (χ2n) is 9.65. The Morgan fingerprint density at radius 1 is 1.06 bits per heavy atom. The molecule has 2 aliphatic rings. The fourth-order valence-corrected chi connectivity index (χ4v) is 4.87. The Morgan fingerprint density at radius 2 is 1.83 bits per heavy atom. The molecule has 36 heavy (non-hydrogen) atoms. The van der Waals surface area contributed by atoms with Crippen molar-refractivity contribution in [2.45, 2.75) is 30.9 Å². The van der Waals surface area contributed by atoms with E-state index in [1.807, 2.05) is 30.3 Å². The number of H-pyrrole nitrogens is 1. The molecule has 2 fully saturated rings. The zero-order valence-electron chi connectivity index (χ0n) is 20.0. The van der Waals surface area contributed by atoms with Crippen molar-refractivity contribution in [2.75, 3.05) is 25.5 Å². The van der Waals surface area contributed by atoms with E-state index in [0.717, 1.165) is 35.2 Å². The van der Waals surface area contributed by atoms with Crippen LogP contribution in [-0.4, -0.2) is 63.1 Å². The molecule has 2 aromatic heterocycles. The van der Waals surface area contributed by atoms with Crippen LogP contribution in [0.1, 0.15) is 34.8 Å². The Balaban J connectivity index is 1.18. The summed E-state index contributed by atoms with van der Waals surface area (Å²) in [7, 11) is 1.79. The third-order valence-corrected chi connectivity index (χ3v) is 7.20. The summed E-state index contributed by atoms with van der Waals surface area (Å²) in [6.45, 7) is 1.87. The molecule has 0 spiro atoms. The Kier molecular flexibility index (Phi) is 5.88. The van der Waals surface area contributed by atoms with Crippen molar-refractivity contribution in [2.24, 2.45) is 0 Å². The van der Waals surface area contributed by atoms with Crippen molar-refractivity contribution < 1.29 is 9.90 Å². The molecule has 0 bridgehead atoms. The van der Waals surface area contributed by atoms with Crippen LogP contribution in [0.5, 0.6) is 0 Å². The minimum atomic E-state index is -0.299. The summed E-state index contributed by atoms with van der Waals surface area (Å²) in [4.78, 5) is 27.0. The Bertz CT molecular complexity index is 1390. The second-order valence-corrected chi connectivity index (χ2v) is 9.65. The number of hydrogen-bond acceptors (Lipinski definition) is 7. The van der Waals surface area contributed by atoms with Crippen LogP contribution in [0.3, 0.4) is 0 Å². The second kappa shape index (κ2) is 9.34. The van der Waals surface area contributed by atoms with Crippen LogP contribution in [0.4, 0.5) is 11.5 Å².